The molecule has 22 heavy (non-hydrogen) atoms. The van der Waals surface area contributed by atoms with Gasteiger partial charge < -0.3 is 15.5 Å². The Morgan fingerprint density at radius 3 is 1.86 bits per heavy atom. The van der Waals surface area contributed by atoms with E-state index in [2.05, 4.69) is 27.2 Å². The monoisotopic (exact) mass is 344 g/mol. The summed E-state index contributed by atoms with van der Waals surface area (Å²) in [5.74, 6) is -0.609. The van der Waals surface area contributed by atoms with Crippen molar-refractivity contribution < 1.29 is 37.7 Å². The van der Waals surface area contributed by atoms with Crippen molar-refractivity contribution in [2.45, 2.75) is 25.6 Å². The smallest absolute Gasteiger partial charge is 0.288 e. The van der Waals surface area contributed by atoms with Crippen LogP contribution in [0.5, 0.6) is 0 Å². The second-order valence-corrected chi connectivity index (χ2v) is 6.42. The van der Waals surface area contributed by atoms with Crippen molar-refractivity contribution in [3.8, 4) is 0 Å². The molecule has 0 bridgehead atoms. The predicted octanol–water partition coefficient (Wildman–Crippen LogP) is -1.27. The molecule has 0 aromatic rings. The summed E-state index contributed by atoms with van der Waals surface area (Å²) >= 11 is 0. The molecule has 5 N–H and O–H groups in total. The average Bonchev–Trinajstić information content (AvgIpc) is 2.37. The first-order valence-corrected chi connectivity index (χ1v) is 7.59. The Balaban J connectivity index is 0. The first kappa shape index (κ1) is 23.2. The number of carbonyl (C=O) groups is 1. The molecule has 0 aromatic heterocycles. The van der Waals surface area contributed by atoms with E-state index in [1.54, 1.807) is 0 Å². The van der Waals surface area contributed by atoms with Crippen LogP contribution in [-0.2, 0) is 24.6 Å². The van der Waals surface area contributed by atoms with Gasteiger partial charge in [-0.3, -0.25) is 19.0 Å². The van der Waals surface area contributed by atoms with Crippen LogP contribution in [0.4, 0.5) is 0 Å². The SMILES string of the molecule is C=C(C)C(=O)NC(C)(C)S(=O)(=O)O.OCCONOCCO. The fraction of sp³-hybridized carbons (Fsp3) is 0.727. The minimum absolute atomic E-state index is 0.0600. The highest BCUT2D eigenvalue weighted by Gasteiger charge is 2.34. The number of amides is 1. The highest BCUT2D eigenvalue weighted by atomic mass is 32.2. The van der Waals surface area contributed by atoms with Crippen LogP contribution in [-0.4, -0.2) is 60.4 Å². The van der Waals surface area contributed by atoms with Crippen LogP contribution < -0.4 is 11.0 Å². The molecule has 1 amide bonds. The number of carbonyl (C=O) groups excluding carboxylic acids is 1. The van der Waals surface area contributed by atoms with E-state index >= 15 is 0 Å². The molecule has 0 aliphatic heterocycles. The molecule has 0 heterocycles. The molecule has 0 spiro atoms. The van der Waals surface area contributed by atoms with Crippen LogP contribution in [0, 0.1) is 0 Å². The lowest BCUT2D eigenvalue weighted by molar-refractivity contribution is -0.178. The van der Waals surface area contributed by atoms with Gasteiger partial charge in [0, 0.05) is 5.57 Å². The van der Waals surface area contributed by atoms with Crippen molar-refractivity contribution in [3.63, 3.8) is 0 Å². The minimum atomic E-state index is -4.30. The molecule has 0 atom stereocenters. The Kier molecular flexibility index (Phi) is 12.1. The van der Waals surface area contributed by atoms with Crippen LogP contribution >= 0.6 is 0 Å². The third-order valence-corrected chi connectivity index (χ3v) is 3.34. The van der Waals surface area contributed by atoms with Gasteiger partial charge in [0.15, 0.2) is 4.87 Å². The normalized spacial score (nSPS) is 11.4. The van der Waals surface area contributed by atoms with Crippen LogP contribution in [0.15, 0.2) is 12.2 Å². The minimum Gasteiger partial charge on any atom is -0.394 e. The van der Waals surface area contributed by atoms with Gasteiger partial charge in [-0.25, -0.2) is 0 Å². The lowest BCUT2D eigenvalue weighted by Gasteiger charge is -2.22. The van der Waals surface area contributed by atoms with Crippen LogP contribution in [0.2, 0.25) is 0 Å². The Labute approximate surface area is 129 Å². The highest BCUT2D eigenvalue weighted by Crippen LogP contribution is 2.10. The maximum atomic E-state index is 11.0. The van der Waals surface area contributed by atoms with Crippen LogP contribution in [0.3, 0.4) is 0 Å². The summed E-state index contributed by atoms with van der Waals surface area (Å²) in [4.78, 5) is 18.2. The number of hydrogen-bond acceptors (Lipinski definition) is 8. The Morgan fingerprint density at radius 2 is 1.59 bits per heavy atom. The zero-order chi connectivity index (χ0) is 17.8. The molecule has 0 unspecified atom stereocenters. The molecule has 0 saturated heterocycles. The standard InChI is InChI=1S/C7H13NO4S.C4H11NO4/c1-5(2)6(9)8-7(3,4)13(10,11)12;6-1-3-8-5-9-4-2-7/h1H2,2-4H3,(H,8,9)(H,10,11,12);5-7H,1-4H2. The van der Waals surface area contributed by atoms with E-state index in [1.807, 2.05) is 0 Å². The van der Waals surface area contributed by atoms with Gasteiger partial charge in [0.05, 0.1) is 26.4 Å². The zero-order valence-electron chi connectivity index (χ0n) is 12.8. The van der Waals surface area contributed by atoms with Gasteiger partial charge in [-0.2, -0.15) is 8.42 Å². The Bertz CT molecular complexity index is 429. The lowest BCUT2D eigenvalue weighted by atomic mass is 10.3. The van der Waals surface area contributed by atoms with E-state index in [0.717, 1.165) is 0 Å². The zero-order valence-corrected chi connectivity index (χ0v) is 13.6. The van der Waals surface area contributed by atoms with E-state index in [9.17, 15) is 13.2 Å². The van der Waals surface area contributed by atoms with E-state index in [-0.39, 0.29) is 32.0 Å². The Morgan fingerprint density at radius 1 is 1.18 bits per heavy atom. The molecule has 11 heteroatoms. The summed E-state index contributed by atoms with van der Waals surface area (Å²) in [5.41, 5.74) is 2.24. The number of aliphatic hydroxyl groups excluding tert-OH is 2. The van der Waals surface area contributed by atoms with Gasteiger partial charge in [0.2, 0.25) is 5.91 Å². The second kappa shape index (κ2) is 11.5. The highest BCUT2D eigenvalue weighted by molar-refractivity contribution is 7.87. The molecule has 0 aromatic carbocycles. The number of hydrogen-bond donors (Lipinski definition) is 5. The van der Waals surface area contributed by atoms with E-state index in [1.165, 1.54) is 20.8 Å². The molecular weight excluding hydrogens is 320 g/mol. The molecule has 0 aliphatic carbocycles. The molecular formula is C11H24N2O8S. The summed E-state index contributed by atoms with van der Waals surface area (Å²) in [5, 5.41) is 18.4. The van der Waals surface area contributed by atoms with Crippen molar-refractivity contribution in [2.24, 2.45) is 0 Å². The average molecular weight is 344 g/mol. The third kappa shape index (κ3) is 11.6. The summed E-state index contributed by atoms with van der Waals surface area (Å²) < 4.78 is 30.1. The molecule has 0 aliphatic rings. The number of nitrogens with one attached hydrogen (secondary N) is 2. The first-order chi connectivity index (χ1) is 9.99. The fourth-order valence-corrected chi connectivity index (χ4v) is 0.883. The van der Waals surface area contributed by atoms with E-state index in [4.69, 9.17) is 14.8 Å². The van der Waals surface area contributed by atoms with Gasteiger partial charge in [0.1, 0.15) is 0 Å². The van der Waals surface area contributed by atoms with Crippen molar-refractivity contribution in [3.05, 3.63) is 12.2 Å². The Hall–Kier alpha value is -1.08. The van der Waals surface area contributed by atoms with Crippen molar-refractivity contribution in [1.82, 2.24) is 11.0 Å². The van der Waals surface area contributed by atoms with Gasteiger partial charge in [0.25, 0.3) is 10.1 Å². The van der Waals surface area contributed by atoms with Crippen molar-refractivity contribution >= 4 is 16.0 Å². The fourth-order valence-electron chi connectivity index (χ4n) is 0.661. The molecule has 0 radical (unpaired) electrons. The van der Waals surface area contributed by atoms with Gasteiger partial charge in [-0.15, -0.1) is 0 Å². The van der Waals surface area contributed by atoms with Gasteiger partial charge >= 0.3 is 0 Å². The predicted molar refractivity (Wildman–Crippen MR) is 77.8 cm³/mol. The first-order valence-electron chi connectivity index (χ1n) is 6.15. The summed E-state index contributed by atoms with van der Waals surface area (Å²) in [6.45, 7) is 7.36. The van der Waals surface area contributed by atoms with Crippen LogP contribution in [0.25, 0.3) is 0 Å². The topological polar surface area (TPSA) is 154 Å². The lowest BCUT2D eigenvalue weighted by Crippen LogP contribution is -2.49. The third-order valence-electron chi connectivity index (χ3n) is 1.95. The molecule has 132 valence electrons. The largest absolute Gasteiger partial charge is 0.394 e. The molecule has 0 rings (SSSR count). The van der Waals surface area contributed by atoms with E-state index < -0.39 is 20.9 Å². The quantitative estimate of drug-likeness (QED) is 0.149. The van der Waals surface area contributed by atoms with Crippen LogP contribution in [0.1, 0.15) is 20.8 Å². The van der Waals surface area contributed by atoms with Crippen molar-refractivity contribution in [2.75, 3.05) is 26.4 Å². The number of rotatable bonds is 9. The molecule has 10 nitrogen and oxygen atoms in total. The number of aliphatic hydroxyl groups is 2. The van der Waals surface area contributed by atoms with E-state index in [0.29, 0.717) is 0 Å². The maximum Gasteiger partial charge on any atom is 0.288 e. The van der Waals surface area contributed by atoms with Gasteiger partial charge in [-0.05, 0) is 20.8 Å². The van der Waals surface area contributed by atoms with Gasteiger partial charge in [-0.1, -0.05) is 12.2 Å². The summed E-state index contributed by atoms with van der Waals surface area (Å²) in [6, 6.07) is 0. The summed E-state index contributed by atoms with van der Waals surface area (Å²) in [7, 11) is -4.30. The second-order valence-electron chi connectivity index (χ2n) is 4.45. The molecule has 0 fully saturated rings. The molecule has 0 saturated carbocycles. The maximum absolute atomic E-state index is 11.0. The summed E-state index contributed by atoms with van der Waals surface area (Å²) in [6.07, 6.45) is 0. The van der Waals surface area contributed by atoms with Crippen molar-refractivity contribution in [1.29, 1.82) is 0 Å².